The number of hydrogen-bond donors (Lipinski definition) is 1. The van der Waals surface area contributed by atoms with Gasteiger partial charge in [0.25, 0.3) is 0 Å². The molecule has 24 heavy (non-hydrogen) atoms. The van der Waals surface area contributed by atoms with Crippen LogP contribution in [0.5, 0.6) is 0 Å². The second kappa shape index (κ2) is 7.29. The van der Waals surface area contributed by atoms with Gasteiger partial charge in [0.2, 0.25) is 0 Å². The summed E-state index contributed by atoms with van der Waals surface area (Å²) in [6, 6.07) is 0. The number of ether oxygens (including phenoxy) is 1. The van der Waals surface area contributed by atoms with Crippen LogP contribution in [0.25, 0.3) is 0 Å². The summed E-state index contributed by atoms with van der Waals surface area (Å²) in [5.74, 6) is 2.30. The van der Waals surface area contributed by atoms with Gasteiger partial charge in [-0.3, -0.25) is 10.00 Å². The zero-order chi connectivity index (χ0) is 16.4. The van der Waals surface area contributed by atoms with Crippen LogP contribution in [0.2, 0.25) is 0 Å². The van der Waals surface area contributed by atoms with E-state index in [-0.39, 0.29) is 6.10 Å². The number of nitrogens with one attached hydrogen (secondary N) is 1. The van der Waals surface area contributed by atoms with Crippen LogP contribution in [0.3, 0.4) is 0 Å². The van der Waals surface area contributed by atoms with Gasteiger partial charge in [-0.05, 0) is 19.8 Å². The van der Waals surface area contributed by atoms with E-state index in [1.807, 2.05) is 18.3 Å². The molecule has 1 aliphatic heterocycles. The number of aryl methyl sites for hydroxylation is 1. The molecule has 1 saturated carbocycles. The van der Waals surface area contributed by atoms with Gasteiger partial charge < -0.3 is 4.74 Å². The Hall–Kier alpha value is -1.31. The Morgan fingerprint density at radius 1 is 1.29 bits per heavy atom. The number of aromatic nitrogens is 4. The van der Waals surface area contributed by atoms with Crippen LogP contribution < -0.4 is 0 Å². The third kappa shape index (κ3) is 3.68. The minimum Gasteiger partial charge on any atom is -0.367 e. The van der Waals surface area contributed by atoms with Crippen molar-refractivity contribution in [2.24, 2.45) is 0 Å². The van der Waals surface area contributed by atoms with Crippen LogP contribution in [0, 0.1) is 6.92 Å². The highest BCUT2D eigenvalue weighted by Gasteiger charge is 2.26. The molecule has 1 aliphatic carbocycles. The van der Waals surface area contributed by atoms with E-state index in [1.165, 1.54) is 42.8 Å². The normalized spacial score (nSPS) is 23.6. The number of nitrogens with zero attached hydrogens (tertiary/aromatic N) is 4. The van der Waals surface area contributed by atoms with Gasteiger partial charge in [0.05, 0.1) is 17.3 Å². The van der Waals surface area contributed by atoms with Crippen molar-refractivity contribution >= 4 is 11.3 Å². The van der Waals surface area contributed by atoms with Crippen LogP contribution >= 0.6 is 11.3 Å². The molecular weight excluding hydrogens is 322 g/mol. The Balaban J connectivity index is 1.37. The molecule has 7 heteroatoms. The van der Waals surface area contributed by atoms with Gasteiger partial charge in [0.1, 0.15) is 11.9 Å². The van der Waals surface area contributed by atoms with Gasteiger partial charge in [-0.15, -0.1) is 11.3 Å². The lowest BCUT2D eigenvalue weighted by Crippen LogP contribution is -2.38. The molecule has 3 heterocycles. The number of thiazole rings is 1. The van der Waals surface area contributed by atoms with Crippen molar-refractivity contribution in [1.82, 2.24) is 25.1 Å². The molecule has 130 valence electrons. The number of rotatable bonds is 4. The minimum atomic E-state index is -0.0415. The molecule has 0 spiro atoms. The van der Waals surface area contributed by atoms with E-state index in [0.29, 0.717) is 5.92 Å². The zero-order valence-electron chi connectivity index (χ0n) is 14.2. The van der Waals surface area contributed by atoms with Crippen molar-refractivity contribution in [3.8, 4) is 0 Å². The molecule has 1 saturated heterocycles. The molecule has 0 aromatic carbocycles. The van der Waals surface area contributed by atoms with Crippen molar-refractivity contribution in [3.05, 3.63) is 27.7 Å². The topological polar surface area (TPSA) is 66.9 Å². The molecule has 0 unspecified atom stereocenters. The average molecular weight is 347 g/mol. The van der Waals surface area contributed by atoms with Crippen molar-refractivity contribution in [2.75, 3.05) is 19.7 Å². The Kier molecular flexibility index (Phi) is 4.91. The summed E-state index contributed by atoms with van der Waals surface area (Å²) in [7, 11) is 0. The quantitative estimate of drug-likeness (QED) is 0.920. The van der Waals surface area contributed by atoms with E-state index in [4.69, 9.17) is 9.72 Å². The number of aromatic amines is 1. The largest absolute Gasteiger partial charge is 0.367 e. The Morgan fingerprint density at radius 3 is 2.96 bits per heavy atom. The van der Waals surface area contributed by atoms with Crippen molar-refractivity contribution in [2.45, 2.75) is 57.6 Å². The van der Waals surface area contributed by atoms with Gasteiger partial charge in [-0.25, -0.2) is 9.97 Å². The second-order valence-electron chi connectivity index (χ2n) is 6.89. The Bertz CT molecular complexity index is 663. The third-order valence-electron chi connectivity index (χ3n) is 4.96. The highest BCUT2D eigenvalue weighted by molar-refractivity contribution is 7.09. The SMILES string of the molecule is Cc1nc([C@H]2CN(Cc3csc(C4CCCCC4)n3)CCO2)n[nH]1. The Morgan fingerprint density at radius 2 is 2.17 bits per heavy atom. The molecule has 4 rings (SSSR count). The maximum absolute atomic E-state index is 5.84. The first-order valence-corrected chi connectivity index (χ1v) is 9.83. The third-order valence-corrected chi connectivity index (χ3v) is 6.02. The smallest absolute Gasteiger partial charge is 0.180 e. The molecule has 0 bridgehead atoms. The summed E-state index contributed by atoms with van der Waals surface area (Å²) >= 11 is 1.85. The maximum atomic E-state index is 5.84. The van der Waals surface area contributed by atoms with E-state index >= 15 is 0 Å². The molecule has 1 atom stereocenters. The van der Waals surface area contributed by atoms with Crippen LogP contribution in [0.4, 0.5) is 0 Å². The van der Waals surface area contributed by atoms with Crippen molar-refractivity contribution in [1.29, 1.82) is 0 Å². The monoisotopic (exact) mass is 347 g/mol. The summed E-state index contributed by atoms with van der Waals surface area (Å²) in [6.07, 6.45) is 6.71. The summed E-state index contributed by atoms with van der Waals surface area (Å²) < 4.78 is 5.84. The van der Waals surface area contributed by atoms with Crippen LogP contribution in [-0.2, 0) is 11.3 Å². The molecule has 2 aliphatic rings. The van der Waals surface area contributed by atoms with Crippen LogP contribution in [0.1, 0.15) is 66.5 Å². The van der Waals surface area contributed by atoms with E-state index in [2.05, 4.69) is 25.5 Å². The van der Waals surface area contributed by atoms with Gasteiger partial charge >= 0.3 is 0 Å². The lowest BCUT2D eigenvalue weighted by Gasteiger charge is -2.31. The second-order valence-corrected chi connectivity index (χ2v) is 7.78. The molecule has 6 nitrogen and oxygen atoms in total. The number of morpholine rings is 1. The molecule has 2 aromatic heterocycles. The van der Waals surface area contributed by atoms with E-state index < -0.39 is 0 Å². The number of H-pyrrole nitrogens is 1. The van der Waals surface area contributed by atoms with Crippen LogP contribution in [-0.4, -0.2) is 44.8 Å². The Labute approximate surface area is 146 Å². The minimum absolute atomic E-state index is 0.0415. The average Bonchev–Trinajstić information content (AvgIpc) is 3.25. The lowest BCUT2D eigenvalue weighted by atomic mass is 9.90. The predicted molar refractivity (Wildman–Crippen MR) is 93.0 cm³/mol. The summed E-state index contributed by atoms with van der Waals surface area (Å²) in [6.45, 7) is 5.30. The van der Waals surface area contributed by atoms with Gasteiger partial charge in [-0.1, -0.05) is 19.3 Å². The first-order chi connectivity index (χ1) is 11.8. The molecule has 2 aromatic rings. The first-order valence-electron chi connectivity index (χ1n) is 8.95. The molecule has 2 fully saturated rings. The highest BCUT2D eigenvalue weighted by atomic mass is 32.1. The summed E-state index contributed by atoms with van der Waals surface area (Å²) in [5, 5.41) is 10.7. The standard InChI is InChI=1S/C17H25N5OS/c1-12-18-16(21-20-12)15-10-22(7-8-23-15)9-14-11-24-17(19-14)13-5-3-2-4-6-13/h11,13,15H,2-10H2,1H3,(H,18,20,21)/t15-/m1/s1. The number of hydrogen-bond acceptors (Lipinski definition) is 6. The van der Waals surface area contributed by atoms with Gasteiger partial charge in [0, 0.05) is 30.9 Å². The van der Waals surface area contributed by atoms with Gasteiger partial charge in [-0.2, -0.15) is 5.10 Å². The zero-order valence-corrected chi connectivity index (χ0v) is 15.0. The molecular formula is C17H25N5OS. The molecule has 0 amide bonds. The van der Waals surface area contributed by atoms with Crippen molar-refractivity contribution in [3.63, 3.8) is 0 Å². The molecule has 1 N–H and O–H groups in total. The summed E-state index contributed by atoms with van der Waals surface area (Å²) in [4.78, 5) is 11.7. The van der Waals surface area contributed by atoms with Crippen molar-refractivity contribution < 1.29 is 4.74 Å². The van der Waals surface area contributed by atoms with Crippen LogP contribution in [0.15, 0.2) is 5.38 Å². The van der Waals surface area contributed by atoms with E-state index in [9.17, 15) is 0 Å². The maximum Gasteiger partial charge on any atom is 0.180 e. The first kappa shape index (κ1) is 16.2. The van der Waals surface area contributed by atoms with E-state index in [0.717, 1.165) is 37.9 Å². The predicted octanol–water partition coefficient (Wildman–Crippen LogP) is 3.19. The lowest BCUT2D eigenvalue weighted by molar-refractivity contribution is -0.0373. The van der Waals surface area contributed by atoms with Gasteiger partial charge in [0.15, 0.2) is 5.82 Å². The fraction of sp³-hybridized carbons (Fsp3) is 0.706. The molecule has 0 radical (unpaired) electrons. The van der Waals surface area contributed by atoms with E-state index in [1.54, 1.807) is 0 Å². The summed E-state index contributed by atoms with van der Waals surface area (Å²) in [5.41, 5.74) is 1.20. The highest BCUT2D eigenvalue weighted by Crippen LogP contribution is 2.34. The fourth-order valence-corrected chi connectivity index (χ4v) is 4.65. The fourth-order valence-electron chi connectivity index (χ4n) is 3.67.